The summed E-state index contributed by atoms with van der Waals surface area (Å²) in [5.74, 6) is 1.84. The van der Waals surface area contributed by atoms with Crippen LogP contribution >= 0.6 is 0 Å². The molecule has 0 saturated heterocycles. The predicted octanol–water partition coefficient (Wildman–Crippen LogP) is 4.23. The van der Waals surface area contributed by atoms with E-state index >= 15 is 0 Å². The number of nitrogens with zero attached hydrogens (tertiary/aromatic N) is 3. The summed E-state index contributed by atoms with van der Waals surface area (Å²) in [5, 5.41) is 11.8. The zero-order valence-corrected chi connectivity index (χ0v) is 14.9. The van der Waals surface area contributed by atoms with Crippen molar-refractivity contribution >= 4 is 11.6 Å². The molecular weight excluding hydrogens is 324 g/mol. The second-order valence-electron chi connectivity index (χ2n) is 6.81. The maximum Gasteiger partial charge on any atom is 0.255 e. The van der Waals surface area contributed by atoms with E-state index in [1.807, 2.05) is 55.5 Å². The number of amides is 1. The molecule has 0 aliphatic carbocycles. The van der Waals surface area contributed by atoms with Gasteiger partial charge in [0.1, 0.15) is 5.82 Å². The van der Waals surface area contributed by atoms with Crippen molar-refractivity contribution in [2.75, 3.05) is 5.32 Å². The van der Waals surface area contributed by atoms with Gasteiger partial charge in [-0.2, -0.15) is 0 Å². The lowest BCUT2D eigenvalue weighted by Crippen LogP contribution is -2.12. The molecule has 1 aliphatic heterocycles. The fourth-order valence-electron chi connectivity index (χ4n) is 3.42. The van der Waals surface area contributed by atoms with Gasteiger partial charge in [-0.3, -0.25) is 4.79 Å². The number of hydrogen-bond acceptors (Lipinski definition) is 3. The topological polar surface area (TPSA) is 59.8 Å². The zero-order valence-electron chi connectivity index (χ0n) is 14.9. The molecule has 0 unspecified atom stereocenters. The van der Waals surface area contributed by atoms with E-state index in [1.165, 1.54) is 12.8 Å². The summed E-state index contributed by atoms with van der Waals surface area (Å²) in [5.41, 5.74) is 3.47. The van der Waals surface area contributed by atoms with Crippen LogP contribution in [0.1, 0.15) is 41.0 Å². The Morgan fingerprint density at radius 1 is 1.04 bits per heavy atom. The van der Waals surface area contributed by atoms with Crippen LogP contribution in [0.3, 0.4) is 0 Å². The minimum absolute atomic E-state index is 0.106. The normalized spacial score (nSPS) is 13.7. The van der Waals surface area contributed by atoms with Crippen molar-refractivity contribution in [1.82, 2.24) is 14.8 Å². The van der Waals surface area contributed by atoms with Crippen LogP contribution in [0.25, 0.3) is 11.4 Å². The maximum atomic E-state index is 12.5. The smallest absolute Gasteiger partial charge is 0.255 e. The van der Waals surface area contributed by atoms with Crippen molar-refractivity contribution in [3.05, 3.63) is 65.5 Å². The molecule has 3 aromatic rings. The van der Waals surface area contributed by atoms with Gasteiger partial charge in [0.25, 0.3) is 5.91 Å². The molecular formula is C21H22N4O. The molecule has 1 aliphatic rings. The average Bonchev–Trinajstić information content (AvgIpc) is 2.90. The summed E-state index contributed by atoms with van der Waals surface area (Å²) < 4.78 is 2.22. The first-order valence-electron chi connectivity index (χ1n) is 9.11. The molecule has 5 nitrogen and oxygen atoms in total. The molecule has 0 radical (unpaired) electrons. The van der Waals surface area contributed by atoms with E-state index in [4.69, 9.17) is 0 Å². The number of rotatable bonds is 3. The molecule has 0 bridgehead atoms. The lowest BCUT2D eigenvalue weighted by molar-refractivity contribution is 0.102. The van der Waals surface area contributed by atoms with Crippen LogP contribution in [0.4, 0.5) is 5.69 Å². The van der Waals surface area contributed by atoms with Crippen molar-refractivity contribution in [3.63, 3.8) is 0 Å². The minimum Gasteiger partial charge on any atom is -0.322 e. The molecule has 1 aromatic heterocycles. The highest BCUT2D eigenvalue weighted by Gasteiger charge is 2.16. The predicted molar refractivity (Wildman–Crippen MR) is 102 cm³/mol. The van der Waals surface area contributed by atoms with E-state index in [-0.39, 0.29) is 5.91 Å². The van der Waals surface area contributed by atoms with Gasteiger partial charge in [0.15, 0.2) is 5.82 Å². The van der Waals surface area contributed by atoms with Crippen LogP contribution in [0.2, 0.25) is 0 Å². The van der Waals surface area contributed by atoms with Gasteiger partial charge >= 0.3 is 0 Å². The fraction of sp³-hybridized carbons (Fsp3) is 0.286. The largest absolute Gasteiger partial charge is 0.322 e. The second-order valence-corrected chi connectivity index (χ2v) is 6.81. The van der Waals surface area contributed by atoms with Gasteiger partial charge in [-0.1, -0.05) is 36.2 Å². The van der Waals surface area contributed by atoms with Crippen molar-refractivity contribution in [1.29, 1.82) is 0 Å². The van der Waals surface area contributed by atoms with E-state index in [9.17, 15) is 4.79 Å². The summed E-state index contributed by atoms with van der Waals surface area (Å²) >= 11 is 0. The van der Waals surface area contributed by atoms with E-state index in [1.54, 1.807) is 0 Å². The number of aromatic nitrogens is 3. The Balaban J connectivity index is 1.59. The molecule has 2 aromatic carbocycles. The van der Waals surface area contributed by atoms with Crippen LogP contribution in [0, 0.1) is 6.92 Å². The summed E-state index contributed by atoms with van der Waals surface area (Å²) in [6.45, 7) is 2.94. The van der Waals surface area contributed by atoms with E-state index < -0.39 is 0 Å². The number of benzene rings is 2. The number of nitrogens with one attached hydrogen (secondary N) is 1. The third-order valence-corrected chi connectivity index (χ3v) is 4.77. The summed E-state index contributed by atoms with van der Waals surface area (Å²) in [6.07, 6.45) is 4.54. The Hall–Kier alpha value is -2.95. The third-order valence-electron chi connectivity index (χ3n) is 4.77. The van der Waals surface area contributed by atoms with E-state index in [2.05, 4.69) is 20.1 Å². The van der Waals surface area contributed by atoms with Gasteiger partial charge in [-0.25, -0.2) is 0 Å². The van der Waals surface area contributed by atoms with E-state index in [0.717, 1.165) is 47.8 Å². The molecule has 0 spiro atoms. The van der Waals surface area contributed by atoms with Crippen molar-refractivity contribution in [2.24, 2.45) is 0 Å². The number of carbonyl (C=O) groups excluding carboxylic acids is 1. The number of fused-ring (bicyclic) bond motifs is 1. The Morgan fingerprint density at radius 2 is 1.92 bits per heavy atom. The lowest BCUT2D eigenvalue weighted by atomic mass is 10.1. The summed E-state index contributed by atoms with van der Waals surface area (Å²) in [4.78, 5) is 12.5. The Bertz CT molecular complexity index is 945. The van der Waals surface area contributed by atoms with Gasteiger partial charge in [-0.15, -0.1) is 10.2 Å². The van der Waals surface area contributed by atoms with Crippen molar-refractivity contribution in [3.8, 4) is 11.4 Å². The number of aryl methyl sites for hydroxylation is 2. The molecule has 5 heteroatoms. The maximum absolute atomic E-state index is 12.5. The monoisotopic (exact) mass is 346 g/mol. The average molecular weight is 346 g/mol. The molecule has 4 rings (SSSR count). The quantitative estimate of drug-likeness (QED) is 0.772. The van der Waals surface area contributed by atoms with Gasteiger partial charge in [0.2, 0.25) is 0 Å². The highest BCUT2D eigenvalue weighted by Crippen LogP contribution is 2.25. The van der Waals surface area contributed by atoms with Crippen molar-refractivity contribution in [2.45, 2.75) is 39.2 Å². The van der Waals surface area contributed by atoms with Crippen LogP contribution in [0.15, 0.2) is 48.5 Å². The highest BCUT2D eigenvalue weighted by molar-refractivity contribution is 6.04. The first-order chi connectivity index (χ1) is 12.7. The Labute approximate surface area is 153 Å². The molecule has 1 N–H and O–H groups in total. The zero-order chi connectivity index (χ0) is 17.9. The molecule has 26 heavy (non-hydrogen) atoms. The molecule has 0 atom stereocenters. The first kappa shape index (κ1) is 16.5. The molecule has 2 heterocycles. The lowest BCUT2D eigenvalue weighted by Gasteiger charge is -2.10. The Kier molecular flexibility index (Phi) is 4.52. The molecule has 132 valence electrons. The van der Waals surface area contributed by atoms with Crippen LogP contribution in [0.5, 0.6) is 0 Å². The molecule has 0 fully saturated rings. The van der Waals surface area contributed by atoms with Crippen LogP contribution < -0.4 is 5.32 Å². The van der Waals surface area contributed by atoms with Gasteiger partial charge in [0.05, 0.1) is 0 Å². The van der Waals surface area contributed by atoms with Gasteiger partial charge < -0.3 is 9.88 Å². The third kappa shape index (κ3) is 3.38. The fourth-order valence-corrected chi connectivity index (χ4v) is 3.42. The highest BCUT2D eigenvalue weighted by atomic mass is 16.1. The van der Waals surface area contributed by atoms with Gasteiger partial charge in [-0.05, 0) is 44.0 Å². The van der Waals surface area contributed by atoms with Crippen LogP contribution in [-0.4, -0.2) is 20.7 Å². The Morgan fingerprint density at radius 3 is 2.81 bits per heavy atom. The standard InChI is InChI=1S/C21H22N4O/c1-15-7-5-9-17(13-15)21(26)22-18-10-6-8-16(14-18)20-24-23-19-11-3-2-4-12-25(19)20/h5-10,13-14H,2-4,11-12H2,1H3,(H,22,26). The number of carbonyl (C=O) groups is 1. The second kappa shape index (κ2) is 7.12. The first-order valence-corrected chi connectivity index (χ1v) is 9.11. The van der Waals surface area contributed by atoms with Gasteiger partial charge in [0, 0.05) is 29.8 Å². The number of anilines is 1. The summed E-state index contributed by atoms with van der Waals surface area (Å²) in [7, 11) is 0. The minimum atomic E-state index is -0.106. The molecule has 0 saturated carbocycles. The summed E-state index contributed by atoms with van der Waals surface area (Å²) in [6, 6.07) is 15.4. The molecule has 1 amide bonds. The SMILES string of the molecule is Cc1cccc(C(=O)Nc2cccc(-c3nnc4n3CCCCC4)c2)c1. The van der Waals surface area contributed by atoms with Crippen molar-refractivity contribution < 1.29 is 4.79 Å². The number of hydrogen-bond donors (Lipinski definition) is 1. The van der Waals surface area contributed by atoms with E-state index in [0.29, 0.717) is 5.56 Å². The van der Waals surface area contributed by atoms with Crippen LogP contribution in [-0.2, 0) is 13.0 Å².